The molecule has 0 unspecified atom stereocenters. The highest BCUT2D eigenvalue weighted by Gasteiger charge is 2.35. The number of carbonyl (C=O) groups excluding carboxylic acids is 1. The zero-order chi connectivity index (χ0) is 17.1. The lowest BCUT2D eigenvalue weighted by Gasteiger charge is -2.37. The SMILES string of the molecule is C[C@@H](NC1CC(C(=O)NCC(=O)O)C1)c1cccc2ccccc12. The number of carboxylic acids is 1. The third kappa shape index (κ3) is 3.57. The molecule has 2 aromatic rings. The fourth-order valence-electron chi connectivity index (χ4n) is 3.35. The van der Waals surface area contributed by atoms with Crippen LogP contribution in [0, 0.1) is 5.92 Å². The van der Waals surface area contributed by atoms with E-state index >= 15 is 0 Å². The molecule has 1 fully saturated rings. The van der Waals surface area contributed by atoms with E-state index in [0.717, 1.165) is 12.8 Å². The van der Waals surface area contributed by atoms with Crippen LogP contribution >= 0.6 is 0 Å². The average molecular weight is 326 g/mol. The van der Waals surface area contributed by atoms with Gasteiger partial charge in [0.1, 0.15) is 6.54 Å². The summed E-state index contributed by atoms with van der Waals surface area (Å²) in [5.41, 5.74) is 1.26. The highest BCUT2D eigenvalue weighted by Crippen LogP contribution is 2.31. The van der Waals surface area contributed by atoms with Crippen LogP contribution in [0.25, 0.3) is 10.8 Å². The summed E-state index contributed by atoms with van der Waals surface area (Å²) in [6.07, 6.45) is 1.50. The Kier molecular flexibility index (Phi) is 4.81. The number of carboxylic acid groups (broad SMARTS) is 1. The summed E-state index contributed by atoms with van der Waals surface area (Å²) in [4.78, 5) is 22.3. The molecule has 0 bridgehead atoms. The van der Waals surface area contributed by atoms with E-state index in [1.54, 1.807) is 0 Å². The van der Waals surface area contributed by atoms with Gasteiger partial charge in [0.2, 0.25) is 5.91 Å². The first kappa shape index (κ1) is 16.5. The Hall–Kier alpha value is -2.40. The molecule has 0 heterocycles. The second-order valence-electron chi connectivity index (χ2n) is 6.43. The molecule has 3 N–H and O–H groups in total. The zero-order valence-electron chi connectivity index (χ0n) is 13.7. The van der Waals surface area contributed by atoms with Gasteiger partial charge in [-0.25, -0.2) is 0 Å². The van der Waals surface area contributed by atoms with Crippen molar-refractivity contribution in [2.24, 2.45) is 5.92 Å². The van der Waals surface area contributed by atoms with E-state index in [4.69, 9.17) is 5.11 Å². The number of rotatable bonds is 6. The van der Waals surface area contributed by atoms with E-state index in [2.05, 4.69) is 47.9 Å². The maximum absolute atomic E-state index is 11.8. The highest BCUT2D eigenvalue weighted by molar-refractivity contribution is 5.86. The zero-order valence-corrected chi connectivity index (χ0v) is 13.7. The van der Waals surface area contributed by atoms with Gasteiger partial charge in [0.15, 0.2) is 0 Å². The maximum atomic E-state index is 11.8. The Morgan fingerprint density at radius 2 is 1.88 bits per heavy atom. The van der Waals surface area contributed by atoms with E-state index < -0.39 is 5.97 Å². The van der Waals surface area contributed by atoms with Gasteiger partial charge >= 0.3 is 5.97 Å². The van der Waals surface area contributed by atoms with Crippen molar-refractivity contribution in [2.45, 2.75) is 31.8 Å². The lowest BCUT2D eigenvalue weighted by molar-refractivity contribution is -0.139. The highest BCUT2D eigenvalue weighted by atomic mass is 16.4. The van der Waals surface area contributed by atoms with Crippen molar-refractivity contribution < 1.29 is 14.7 Å². The Morgan fingerprint density at radius 3 is 2.62 bits per heavy atom. The van der Waals surface area contributed by atoms with Crippen LogP contribution < -0.4 is 10.6 Å². The molecule has 1 aliphatic carbocycles. The third-order valence-corrected chi connectivity index (χ3v) is 4.70. The van der Waals surface area contributed by atoms with Crippen molar-refractivity contribution in [2.75, 3.05) is 6.54 Å². The quantitative estimate of drug-likeness (QED) is 0.762. The lowest BCUT2D eigenvalue weighted by Crippen LogP contribution is -2.48. The van der Waals surface area contributed by atoms with Crippen LogP contribution in [-0.2, 0) is 9.59 Å². The fraction of sp³-hybridized carbons (Fsp3) is 0.368. The first-order valence-corrected chi connectivity index (χ1v) is 8.28. The van der Waals surface area contributed by atoms with Crippen molar-refractivity contribution in [3.63, 3.8) is 0 Å². The Morgan fingerprint density at radius 1 is 1.17 bits per heavy atom. The van der Waals surface area contributed by atoms with E-state index in [-0.39, 0.29) is 24.4 Å². The van der Waals surface area contributed by atoms with Gasteiger partial charge in [0.05, 0.1) is 0 Å². The summed E-state index contributed by atoms with van der Waals surface area (Å²) in [6, 6.07) is 15.1. The minimum Gasteiger partial charge on any atom is -0.480 e. The lowest BCUT2D eigenvalue weighted by atomic mass is 9.79. The molecule has 0 aromatic heterocycles. The van der Waals surface area contributed by atoms with Gasteiger partial charge in [0.25, 0.3) is 0 Å². The number of carbonyl (C=O) groups is 2. The summed E-state index contributed by atoms with van der Waals surface area (Å²) >= 11 is 0. The van der Waals surface area contributed by atoms with Gasteiger partial charge < -0.3 is 15.7 Å². The first-order valence-electron chi connectivity index (χ1n) is 8.28. The van der Waals surface area contributed by atoms with Gasteiger partial charge in [-0.2, -0.15) is 0 Å². The van der Waals surface area contributed by atoms with E-state index in [9.17, 15) is 9.59 Å². The summed E-state index contributed by atoms with van der Waals surface area (Å²) < 4.78 is 0. The van der Waals surface area contributed by atoms with Crippen LogP contribution in [0.15, 0.2) is 42.5 Å². The van der Waals surface area contributed by atoms with Crippen LogP contribution in [0.2, 0.25) is 0 Å². The van der Waals surface area contributed by atoms with Crippen LogP contribution in [0.1, 0.15) is 31.4 Å². The third-order valence-electron chi connectivity index (χ3n) is 4.70. The van der Waals surface area contributed by atoms with Gasteiger partial charge in [0, 0.05) is 18.0 Å². The minimum atomic E-state index is -1.01. The Balaban J connectivity index is 1.56. The fourth-order valence-corrected chi connectivity index (χ4v) is 3.35. The maximum Gasteiger partial charge on any atom is 0.322 e. The van der Waals surface area contributed by atoms with E-state index in [1.807, 2.05) is 12.1 Å². The molecule has 0 aliphatic heterocycles. The van der Waals surface area contributed by atoms with Crippen molar-refractivity contribution >= 4 is 22.6 Å². The number of aliphatic carboxylic acids is 1. The summed E-state index contributed by atoms with van der Waals surface area (Å²) in [7, 11) is 0. The molecule has 126 valence electrons. The Labute approximate surface area is 141 Å². The molecule has 2 aromatic carbocycles. The monoisotopic (exact) mass is 326 g/mol. The van der Waals surface area contributed by atoms with Crippen molar-refractivity contribution in [3.05, 3.63) is 48.0 Å². The molecular formula is C19H22N2O3. The molecule has 0 spiro atoms. The van der Waals surface area contributed by atoms with Crippen molar-refractivity contribution in [1.82, 2.24) is 10.6 Å². The molecule has 1 aliphatic rings. The van der Waals surface area contributed by atoms with Crippen LogP contribution in [0.4, 0.5) is 0 Å². The molecule has 24 heavy (non-hydrogen) atoms. The van der Waals surface area contributed by atoms with Gasteiger partial charge in [-0.3, -0.25) is 9.59 Å². The van der Waals surface area contributed by atoms with Gasteiger partial charge in [-0.1, -0.05) is 42.5 Å². The molecule has 1 atom stereocenters. The standard InChI is InChI=1S/C19H22N2O3/c1-12(16-8-4-6-13-5-2-3-7-17(13)16)21-15-9-14(10-15)19(24)20-11-18(22)23/h2-8,12,14-15,21H,9-11H2,1H3,(H,20,24)(H,22,23)/t12-,14?,15?/m1/s1. The second kappa shape index (κ2) is 7.01. The summed E-state index contributed by atoms with van der Waals surface area (Å²) in [5, 5.41) is 17.1. The number of hydrogen-bond donors (Lipinski definition) is 3. The normalized spacial score (nSPS) is 21.0. The predicted molar refractivity (Wildman–Crippen MR) is 92.7 cm³/mol. The molecule has 3 rings (SSSR count). The largest absolute Gasteiger partial charge is 0.480 e. The summed E-state index contributed by atoms with van der Waals surface area (Å²) in [6.45, 7) is 1.83. The van der Waals surface area contributed by atoms with Gasteiger partial charge in [-0.05, 0) is 36.1 Å². The second-order valence-corrected chi connectivity index (χ2v) is 6.43. The number of hydrogen-bond acceptors (Lipinski definition) is 3. The predicted octanol–water partition coefficient (Wildman–Crippen LogP) is 2.47. The van der Waals surface area contributed by atoms with Crippen molar-refractivity contribution in [1.29, 1.82) is 0 Å². The van der Waals surface area contributed by atoms with E-state index in [0.29, 0.717) is 6.04 Å². The van der Waals surface area contributed by atoms with Crippen LogP contribution in [0.3, 0.4) is 0 Å². The Bertz CT molecular complexity index is 748. The topological polar surface area (TPSA) is 78.4 Å². The van der Waals surface area contributed by atoms with Gasteiger partial charge in [-0.15, -0.1) is 0 Å². The number of benzene rings is 2. The minimum absolute atomic E-state index is 0.0819. The molecule has 5 heteroatoms. The molecule has 1 amide bonds. The first-order chi connectivity index (χ1) is 11.5. The van der Waals surface area contributed by atoms with Crippen molar-refractivity contribution in [3.8, 4) is 0 Å². The van der Waals surface area contributed by atoms with Crippen LogP contribution in [-0.4, -0.2) is 29.6 Å². The van der Waals surface area contributed by atoms with Crippen LogP contribution in [0.5, 0.6) is 0 Å². The molecule has 0 radical (unpaired) electrons. The number of nitrogens with one attached hydrogen (secondary N) is 2. The smallest absolute Gasteiger partial charge is 0.322 e. The number of amides is 1. The molecule has 5 nitrogen and oxygen atoms in total. The number of fused-ring (bicyclic) bond motifs is 1. The molecule has 1 saturated carbocycles. The van der Waals surface area contributed by atoms with E-state index in [1.165, 1.54) is 16.3 Å². The summed E-state index contributed by atoms with van der Waals surface area (Å²) in [5.74, 6) is -1.25. The average Bonchev–Trinajstić information content (AvgIpc) is 2.54. The molecular weight excluding hydrogens is 304 g/mol. The molecule has 0 saturated heterocycles.